The molecule has 7 nitrogen and oxygen atoms in total. The summed E-state index contributed by atoms with van der Waals surface area (Å²) in [5.41, 5.74) is 6.13. The number of aryl methyl sites for hydroxylation is 2. The molecule has 0 spiro atoms. The molecular formula is C26H40N6O. The van der Waals surface area contributed by atoms with E-state index < -0.39 is 0 Å². The van der Waals surface area contributed by atoms with E-state index in [-0.39, 0.29) is 0 Å². The van der Waals surface area contributed by atoms with Gasteiger partial charge in [0.25, 0.3) is 0 Å². The summed E-state index contributed by atoms with van der Waals surface area (Å²) < 4.78 is 9.56. The first kappa shape index (κ1) is 25.1. The van der Waals surface area contributed by atoms with E-state index in [9.17, 15) is 0 Å². The highest BCUT2D eigenvalue weighted by atomic mass is 16.5. The van der Waals surface area contributed by atoms with Crippen LogP contribution in [0.15, 0.2) is 30.5 Å². The van der Waals surface area contributed by atoms with Crippen LogP contribution in [0, 0.1) is 0 Å². The average molecular weight is 453 g/mol. The first-order valence-electron chi connectivity index (χ1n) is 12.3. The van der Waals surface area contributed by atoms with Gasteiger partial charge in [-0.05, 0) is 61.3 Å². The minimum atomic E-state index is 0.485. The second-order valence-electron chi connectivity index (χ2n) is 9.69. The third-order valence-corrected chi connectivity index (χ3v) is 5.88. The highest BCUT2D eigenvalue weighted by molar-refractivity contribution is 5.15. The number of fused-ring (bicyclic) bond motifs is 2. The first-order chi connectivity index (χ1) is 15.8. The topological polar surface area (TPSA) is 70.7 Å². The molecular weight excluding hydrogens is 412 g/mol. The zero-order valence-electron chi connectivity index (χ0n) is 21.2. The zero-order chi connectivity index (χ0) is 23.8. The molecule has 5 heterocycles. The number of aromatic nitrogens is 6. The molecule has 0 fully saturated rings. The van der Waals surface area contributed by atoms with Crippen LogP contribution in [0.2, 0.25) is 0 Å². The Labute approximate surface area is 198 Å². The van der Waals surface area contributed by atoms with E-state index in [4.69, 9.17) is 4.74 Å². The lowest BCUT2D eigenvalue weighted by atomic mass is 10.1. The third kappa shape index (κ3) is 7.22. The fourth-order valence-corrected chi connectivity index (χ4v) is 3.74. The molecule has 2 aliphatic heterocycles. The summed E-state index contributed by atoms with van der Waals surface area (Å²) in [6.45, 7) is 16.5. The Hall–Kier alpha value is -2.54. The lowest BCUT2D eigenvalue weighted by Gasteiger charge is -2.13. The second-order valence-corrected chi connectivity index (χ2v) is 9.69. The highest BCUT2D eigenvalue weighted by Gasteiger charge is 2.14. The van der Waals surface area contributed by atoms with E-state index in [0.29, 0.717) is 17.8 Å². The van der Waals surface area contributed by atoms with Crippen molar-refractivity contribution in [3.8, 4) is 0 Å². The third-order valence-electron chi connectivity index (χ3n) is 5.88. The Morgan fingerprint density at radius 2 is 1.42 bits per heavy atom. The van der Waals surface area contributed by atoms with Crippen molar-refractivity contribution in [1.82, 2.24) is 29.8 Å². The van der Waals surface area contributed by atoms with Crippen molar-refractivity contribution in [1.29, 1.82) is 0 Å². The fourth-order valence-electron chi connectivity index (χ4n) is 3.74. The normalized spacial score (nSPS) is 14.8. The first-order valence-corrected chi connectivity index (χ1v) is 12.3. The predicted octanol–water partition coefficient (Wildman–Crippen LogP) is 5.48. The Morgan fingerprint density at radius 1 is 0.788 bits per heavy atom. The van der Waals surface area contributed by atoms with Crippen molar-refractivity contribution in [2.24, 2.45) is 0 Å². The molecule has 0 aromatic carbocycles. The minimum absolute atomic E-state index is 0.485. The number of hydrogen-bond acceptors (Lipinski definition) is 5. The van der Waals surface area contributed by atoms with Crippen molar-refractivity contribution in [2.45, 2.75) is 98.3 Å². The zero-order valence-corrected chi connectivity index (χ0v) is 21.2. The molecule has 5 rings (SSSR count). The molecule has 0 atom stereocenters. The van der Waals surface area contributed by atoms with Crippen LogP contribution in [0.5, 0.6) is 0 Å². The Morgan fingerprint density at radius 3 is 1.94 bits per heavy atom. The van der Waals surface area contributed by atoms with Crippen LogP contribution in [0.3, 0.4) is 0 Å². The van der Waals surface area contributed by atoms with Gasteiger partial charge in [-0.2, -0.15) is 20.4 Å². The molecule has 0 unspecified atom stereocenters. The molecule has 180 valence electrons. The van der Waals surface area contributed by atoms with Gasteiger partial charge in [-0.1, -0.05) is 41.5 Å². The molecule has 0 saturated carbocycles. The largest absolute Gasteiger partial charge is 0.373 e. The van der Waals surface area contributed by atoms with Crippen molar-refractivity contribution in [3.05, 3.63) is 58.9 Å². The molecule has 33 heavy (non-hydrogen) atoms. The summed E-state index contributed by atoms with van der Waals surface area (Å²) in [6, 6.07) is 8.30. The Bertz CT molecular complexity index is 869. The molecule has 0 saturated heterocycles. The van der Waals surface area contributed by atoms with Gasteiger partial charge >= 0.3 is 0 Å². The van der Waals surface area contributed by atoms with E-state index >= 15 is 0 Å². The molecule has 0 amide bonds. The maximum absolute atomic E-state index is 5.33. The molecule has 2 aliphatic rings. The second kappa shape index (κ2) is 12.1. The summed E-state index contributed by atoms with van der Waals surface area (Å²) in [6.07, 6.45) is 5.54. The lowest BCUT2D eigenvalue weighted by molar-refractivity contribution is 0.0800. The van der Waals surface area contributed by atoms with E-state index in [1.165, 1.54) is 42.0 Å². The summed E-state index contributed by atoms with van der Waals surface area (Å²) >= 11 is 0. The van der Waals surface area contributed by atoms with Crippen molar-refractivity contribution >= 4 is 0 Å². The van der Waals surface area contributed by atoms with Crippen molar-refractivity contribution < 1.29 is 4.74 Å². The van der Waals surface area contributed by atoms with Gasteiger partial charge in [-0.15, -0.1) is 0 Å². The van der Waals surface area contributed by atoms with Gasteiger partial charge in [0.1, 0.15) is 0 Å². The molecule has 0 radical (unpaired) electrons. The maximum atomic E-state index is 5.33. The maximum Gasteiger partial charge on any atom is 0.0885 e. The van der Waals surface area contributed by atoms with Crippen LogP contribution in [0.4, 0.5) is 0 Å². The SMILES string of the molecule is CC(C)c1cc2n(n1)CCCC2.CC(C)c1cc2n(n1)CCOC2.CC(C)c1cccnn1. The van der Waals surface area contributed by atoms with E-state index in [0.717, 1.165) is 32.0 Å². The predicted molar refractivity (Wildman–Crippen MR) is 131 cm³/mol. The summed E-state index contributed by atoms with van der Waals surface area (Å²) in [5, 5.41) is 16.7. The van der Waals surface area contributed by atoms with Gasteiger partial charge in [0.05, 0.1) is 42.5 Å². The van der Waals surface area contributed by atoms with Crippen LogP contribution in [-0.4, -0.2) is 36.4 Å². The van der Waals surface area contributed by atoms with Crippen LogP contribution < -0.4 is 0 Å². The average Bonchev–Trinajstić information content (AvgIpc) is 3.45. The summed E-state index contributed by atoms with van der Waals surface area (Å²) in [4.78, 5) is 0. The summed E-state index contributed by atoms with van der Waals surface area (Å²) in [5.74, 6) is 1.57. The Kier molecular flexibility index (Phi) is 9.18. The van der Waals surface area contributed by atoms with Crippen LogP contribution >= 0.6 is 0 Å². The molecule has 3 aromatic rings. The standard InChI is InChI=1S/C10H16N2.C9H14N2O.C7H10N2/c1-8(2)10-7-9-5-3-4-6-12(9)11-10;1-7(2)9-5-8-6-12-4-3-11(8)10-9;1-6(2)7-4-3-5-8-9-7/h7-8H,3-6H2,1-2H3;5,7H,3-4,6H2,1-2H3;3-6H,1-2H3. The van der Waals surface area contributed by atoms with Gasteiger partial charge in [0.2, 0.25) is 0 Å². The quantitative estimate of drug-likeness (QED) is 0.526. The van der Waals surface area contributed by atoms with Crippen LogP contribution in [0.25, 0.3) is 0 Å². The van der Waals surface area contributed by atoms with Crippen molar-refractivity contribution in [3.63, 3.8) is 0 Å². The monoisotopic (exact) mass is 452 g/mol. The number of ether oxygens (including phenoxy) is 1. The molecule has 0 bridgehead atoms. The smallest absolute Gasteiger partial charge is 0.0885 e. The molecule has 3 aromatic heterocycles. The number of hydrogen-bond donors (Lipinski definition) is 0. The lowest BCUT2D eigenvalue weighted by Crippen LogP contribution is -2.16. The van der Waals surface area contributed by atoms with Gasteiger partial charge in [-0.25, -0.2) is 0 Å². The number of rotatable bonds is 3. The summed E-state index contributed by atoms with van der Waals surface area (Å²) in [7, 11) is 0. The van der Waals surface area contributed by atoms with E-state index in [1.54, 1.807) is 6.20 Å². The van der Waals surface area contributed by atoms with Gasteiger partial charge in [0, 0.05) is 18.4 Å². The van der Waals surface area contributed by atoms with Crippen LogP contribution in [-0.2, 0) is 30.9 Å². The fraction of sp³-hybridized carbons (Fsp3) is 0.615. The van der Waals surface area contributed by atoms with E-state index in [2.05, 4.69) is 83.4 Å². The van der Waals surface area contributed by atoms with Gasteiger partial charge in [-0.3, -0.25) is 9.36 Å². The van der Waals surface area contributed by atoms with Gasteiger partial charge < -0.3 is 4.74 Å². The molecule has 7 heteroatoms. The Balaban J connectivity index is 0.000000141. The minimum Gasteiger partial charge on any atom is -0.373 e. The van der Waals surface area contributed by atoms with E-state index in [1.807, 2.05) is 12.1 Å². The van der Waals surface area contributed by atoms with Crippen LogP contribution in [0.1, 0.15) is 101 Å². The molecule has 0 N–H and O–H groups in total. The number of nitrogens with zero attached hydrogens (tertiary/aromatic N) is 6. The highest BCUT2D eigenvalue weighted by Crippen LogP contribution is 2.20. The molecule has 0 aliphatic carbocycles. The van der Waals surface area contributed by atoms with Gasteiger partial charge in [0.15, 0.2) is 0 Å². The van der Waals surface area contributed by atoms with Crippen molar-refractivity contribution in [2.75, 3.05) is 6.61 Å².